The Balaban J connectivity index is 1.76. The molecule has 1 unspecified atom stereocenters. The largest absolute Gasteiger partial charge is 0.328 e. The number of aromatic nitrogens is 2. The third-order valence-electron chi connectivity index (χ3n) is 2.97. The molecule has 0 fully saturated rings. The van der Waals surface area contributed by atoms with Crippen molar-refractivity contribution < 1.29 is 4.79 Å². The molecular weight excluding hydrogens is 232 g/mol. The molecular formula is C13H12N2OS. The standard InChI is InChI=1S/C13H12N2OS/c16-9-13-14-5-6-15(13)8-11-7-10-3-1-2-4-12(10)17-11/h1-6,9,11H,7-8H2. The number of benzene rings is 1. The first-order valence-electron chi connectivity index (χ1n) is 5.57. The van der Waals surface area contributed by atoms with Crippen molar-refractivity contribution in [2.75, 3.05) is 0 Å². The summed E-state index contributed by atoms with van der Waals surface area (Å²) in [6.45, 7) is 0.841. The van der Waals surface area contributed by atoms with Crippen LogP contribution < -0.4 is 0 Å². The van der Waals surface area contributed by atoms with Crippen LogP contribution in [0.5, 0.6) is 0 Å². The SMILES string of the molecule is O=Cc1nccn1CC1Cc2ccccc2S1. The highest BCUT2D eigenvalue weighted by molar-refractivity contribution is 8.00. The van der Waals surface area contributed by atoms with E-state index in [0.29, 0.717) is 11.1 Å². The van der Waals surface area contributed by atoms with Gasteiger partial charge >= 0.3 is 0 Å². The van der Waals surface area contributed by atoms with Crippen molar-refractivity contribution in [2.45, 2.75) is 23.1 Å². The van der Waals surface area contributed by atoms with Crippen LogP contribution in [0.1, 0.15) is 16.2 Å². The molecule has 0 spiro atoms. The highest BCUT2D eigenvalue weighted by atomic mass is 32.2. The van der Waals surface area contributed by atoms with Gasteiger partial charge in [0, 0.05) is 29.1 Å². The lowest BCUT2D eigenvalue weighted by atomic mass is 10.1. The Bertz CT molecular complexity index is 525. The number of thioether (sulfide) groups is 1. The maximum Gasteiger partial charge on any atom is 0.185 e. The molecule has 2 heterocycles. The average molecular weight is 244 g/mol. The van der Waals surface area contributed by atoms with Crippen molar-refractivity contribution in [3.8, 4) is 0 Å². The number of fused-ring (bicyclic) bond motifs is 1. The lowest BCUT2D eigenvalue weighted by Gasteiger charge is -2.10. The van der Waals surface area contributed by atoms with Gasteiger partial charge in [0.05, 0.1) is 0 Å². The van der Waals surface area contributed by atoms with Gasteiger partial charge in [-0.15, -0.1) is 11.8 Å². The minimum Gasteiger partial charge on any atom is -0.328 e. The highest BCUT2D eigenvalue weighted by Gasteiger charge is 2.22. The molecule has 2 aromatic rings. The Kier molecular flexibility index (Phi) is 2.73. The highest BCUT2D eigenvalue weighted by Crippen LogP contribution is 2.37. The normalized spacial score (nSPS) is 18.0. The minimum atomic E-state index is 0.500. The summed E-state index contributed by atoms with van der Waals surface area (Å²) in [4.78, 5) is 16.2. The topological polar surface area (TPSA) is 34.9 Å². The first-order chi connectivity index (χ1) is 8.36. The van der Waals surface area contributed by atoms with Crippen LogP contribution in [0.25, 0.3) is 0 Å². The van der Waals surface area contributed by atoms with E-state index in [1.807, 2.05) is 22.5 Å². The molecule has 0 aliphatic carbocycles. The van der Waals surface area contributed by atoms with Crippen LogP contribution in [0.4, 0.5) is 0 Å². The molecule has 1 aromatic heterocycles. The molecule has 0 saturated carbocycles. The summed E-state index contributed by atoms with van der Waals surface area (Å²) in [5.74, 6) is 0.515. The van der Waals surface area contributed by atoms with Crippen molar-refractivity contribution in [3.63, 3.8) is 0 Å². The molecule has 3 rings (SSSR count). The number of rotatable bonds is 3. The molecule has 86 valence electrons. The van der Waals surface area contributed by atoms with E-state index in [0.717, 1.165) is 19.3 Å². The smallest absolute Gasteiger partial charge is 0.185 e. The molecule has 0 N–H and O–H groups in total. The van der Waals surface area contributed by atoms with Gasteiger partial charge in [0.15, 0.2) is 12.1 Å². The first kappa shape index (κ1) is 10.6. The average Bonchev–Trinajstić information content (AvgIpc) is 2.94. The molecule has 17 heavy (non-hydrogen) atoms. The summed E-state index contributed by atoms with van der Waals surface area (Å²) in [5, 5.41) is 0.500. The molecule has 1 aliphatic rings. The van der Waals surface area contributed by atoms with Crippen LogP contribution in [-0.2, 0) is 13.0 Å². The van der Waals surface area contributed by atoms with Gasteiger partial charge in [-0.05, 0) is 18.1 Å². The lowest BCUT2D eigenvalue weighted by Crippen LogP contribution is -2.13. The summed E-state index contributed by atoms with van der Waals surface area (Å²) in [6, 6.07) is 8.49. The molecule has 0 saturated heterocycles. The fourth-order valence-corrected chi connectivity index (χ4v) is 3.49. The van der Waals surface area contributed by atoms with Gasteiger partial charge in [0.1, 0.15) is 0 Å². The van der Waals surface area contributed by atoms with E-state index in [1.54, 1.807) is 6.20 Å². The predicted molar refractivity (Wildman–Crippen MR) is 67.4 cm³/mol. The summed E-state index contributed by atoms with van der Waals surface area (Å²) >= 11 is 1.89. The van der Waals surface area contributed by atoms with Gasteiger partial charge in [0.2, 0.25) is 0 Å². The van der Waals surface area contributed by atoms with Crippen LogP contribution in [0.2, 0.25) is 0 Å². The Morgan fingerprint density at radius 1 is 1.47 bits per heavy atom. The van der Waals surface area contributed by atoms with E-state index in [4.69, 9.17) is 0 Å². The fraction of sp³-hybridized carbons (Fsp3) is 0.231. The summed E-state index contributed by atoms with van der Waals surface area (Å²) < 4.78 is 1.93. The van der Waals surface area contributed by atoms with Crippen molar-refractivity contribution >= 4 is 18.0 Å². The number of carbonyl (C=O) groups is 1. The van der Waals surface area contributed by atoms with Crippen molar-refractivity contribution in [3.05, 3.63) is 48.0 Å². The number of carbonyl (C=O) groups excluding carboxylic acids is 1. The minimum absolute atomic E-state index is 0.500. The molecule has 0 radical (unpaired) electrons. The number of nitrogens with zero attached hydrogens (tertiary/aromatic N) is 2. The maximum atomic E-state index is 10.8. The van der Waals surface area contributed by atoms with Gasteiger partial charge < -0.3 is 4.57 Å². The molecule has 1 atom stereocenters. The Hall–Kier alpha value is -1.55. The van der Waals surface area contributed by atoms with Gasteiger partial charge in [0.25, 0.3) is 0 Å². The van der Waals surface area contributed by atoms with E-state index in [9.17, 15) is 4.79 Å². The molecule has 1 aromatic carbocycles. The first-order valence-corrected chi connectivity index (χ1v) is 6.45. The van der Waals surface area contributed by atoms with Crippen LogP contribution in [0, 0.1) is 0 Å². The third kappa shape index (κ3) is 2.00. The van der Waals surface area contributed by atoms with E-state index < -0.39 is 0 Å². The lowest BCUT2D eigenvalue weighted by molar-refractivity contribution is 0.111. The van der Waals surface area contributed by atoms with Gasteiger partial charge in [-0.25, -0.2) is 4.98 Å². The van der Waals surface area contributed by atoms with Crippen LogP contribution in [0.3, 0.4) is 0 Å². The fourth-order valence-electron chi connectivity index (χ4n) is 2.17. The van der Waals surface area contributed by atoms with Crippen LogP contribution in [0.15, 0.2) is 41.6 Å². The van der Waals surface area contributed by atoms with Gasteiger partial charge in [-0.1, -0.05) is 18.2 Å². The number of hydrogen-bond donors (Lipinski definition) is 0. The Morgan fingerprint density at radius 3 is 3.18 bits per heavy atom. The van der Waals surface area contributed by atoms with E-state index in [-0.39, 0.29) is 0 Å². The molecule has 0 amide bonds. The number of imidazole rings is 1. The van der Waals surface area contributed by atoms with E-state index in [1.165, 1.54) is 10.5 Å². The second-order valence-corrected chi connectivity index (χ2v) is 5.45. The maximum absolute atomic E-state index is 10.8. The summed E-state index contributed by atoms with van der Waals surface area (Å²) in [7, 11) is 0. The molecule has 3 nitrogen and oxygen atoms in total. The third-order valence-corrected chi connectivity index (χ3v) is 4.27. The Labute approximate surface area is 104 Å². The van der Waals surface area contributed by atoms with E-state index >= 15 is 0 Å². The molecule has 1 aliphatic heterocycles. The Morgan fingerprint density at radius 2 is 2.35 bits per heavy atom. The van der Waals surface area contributed by atoms with Crippen LogP contribution >= 0.6 is 11.8 Å². The van der Waals surface area contributed by atoms with Crippen molar-refractivity contribution in [1.82, 2.24) is 9.55 Å². The number of aldehydes is 1. The molecule has 4 heteroatoms. The molecule has 0 bridgehead atoms. The number of hydrogen-bond acceptors (Lipinski definition) is 3. The summed E-state index contributed by atoms with van der Waals surface area (Å²) in [5.41, 5.74) is 1.41. The zero-order chi connectivity index (χ0) is 11.7. The zero-order valence-electron chi connectivity index (χ0n) is 9.24. The van der Waals surface area contributed by atoms with Crippen LogP contribution in [-0.4, -0.2) is 21.1 Å². The second kappa shape index (κ2) is 4.37. The van der Waals surface area contributed by atoms with Gasteiger partial charge in [-0.2, -0.15) is 0 Å². The quantitative estimate of drug-likeness (QED) is 0.778. The second-order valence-electron chi connectivity index (χ2n) is 4.11. The van der Waals surface area contributed by atoms with Gasteiger partial charge in [-0.3, -0.25) is 4.79 Å². The van der Waals surface area contributed by atoms with Crippen molar-refractivity contribution in [1.29, 1.82) is 0 Å². The van der Waals surface area contributed by atoms with E-state index in [2.05, 4.69) is 29.2 Å². The zero-order valence-corrected chi connectivity index (χ0v) is 10.1. The summed E-state index contributed by atoms with van der Waals surface area (Å²) in [6.07, 6.45) is 5.42. The predicted octanol–water partition coefficient (Wildman–Crippen LogP) is 2.41. The monoisotopic (exact) mass is 244 g/mol. The van der Waals surface area contributed by atoms with Crippen molar-refractivity contribution in [2.24, 2.45) is 0 Å².